The van der Waals surface area contributed by atoms with Crippen LogP contribution >= 0.6 is 0 Å². The number of carboxylic acids is 1. The minimum absolute atomic E-state index is 0.421. The van der Waals surface area contributed by atoms with E-state index in [1.807, 2.05) is 6.08 Å². The van der Waals surface area contributed by atoms with E-state index >= 15 is 0 Å². The molecule has 3 N–H and O–H groups in total. The van der Waals surface area contributed by atoms with Crippen LogP contribution in [0.4, 0.5) is 0 Å². The van der Waals surface area contributed by atoms with Gasteiger partial charge in [0.25, 0.3) is 0 Å². The van der Waals surface area contributed by atoms with Gasteiger partial charge in [-0.1, -0.05) is 88.0 Å². The molecule has 0 aliphatic carbocycles. The molecule has 0 saturated heterocycles. The molecule has 0 rings (SSSR count). The van der Waals surface area contributed by atoms with Gasteiger partial charge in [-0.3, -0.25) is 0 Å². The molecule has 2 unspecified atom stereocenters. The SMILES string of the molecule is CCCCCCCCC(O)C(O)C/C=C/C=C/C=C/C=C/C(=O)O. The first-order chi connectivity index (χ1) is 11.6. The molecule has 0 aliphatic rings. The van der Waals surface area contributed by atoms with Crippen LogP contribution in [0.25, 0.3) is 0 Å². The van der Waals surface area contributed by atoms with Crippen LogP contribution in [0.3, 0.4) is 0 Å². The molecule has 4 nitrogen and oxygen atoms in total. The molecule has 0 heterocycles. The summed E-state index contributed by atoms with van der Waals surface area (Å²) < 4.78 is 0. The lowest BCUT2D eigenvalue weighted by molar-refractivity contribution is -0.131. The number of carbonyl (C=O) groups is 1. The van der Waals surface area contributed by atoms with Crippen LogP contribution in [0.5, 0.6) is 0 Å². The molecule has 0 aliphatic heterocycles. The Kier molecular flexibility index (Phi) is 15.1. The summed E-state index contributed by atoms with van der Waals surface area (Å²) in [4.78, 5) is 10.2. The van der Waals surface area contributed by atoms with E-state index in [4.69, 9.17) is 5.11 Å². The van der Waals surface area contributed by atoms with Crippen molar-refractivity contribution < 1.29 is 20.1 Å². The molecule has 0 fully saturated rings. The third-order valence-corrected chi connectivity index (χ3v) is 3.61. The maximum Gasteiger partial charge on any atom is 0.328 e. The first-order valence-electron chi connectivity index (χ1n) is 8.83. The Hall–Kier alpha value is -1.65. The molecule has 0 spiro atoms. The van der Waals surface area contributed by atoms with Crippen molar-refractivity contribution >= 4 is 5.97 Å². The van der Waals surface area contributed by atoms with E-state index in [1.54, 1.807) is 30.4 Å². The highest BCUT2D eigenvalue weighted by molar-refractivity contribution is 5.80. The van der Waals surface area contributed by atoms with Crippen LogP contribution < -0.4 is 0 Å². The summed E-state index contributed by atoms with van der Waals surface area (Å²) in [6.45, 7) is 2.19. The van der Waals surface area contributed by atoms with Gasteiger partial charge in [-0.05, 0) is 12.8 Å². The first kappa shape index (κ1) is 22.4. The van der Waals surface area contributed by atoms with Crippen molar-refractivity contribution in [2.45, 2.75) is 70.5 Å². The largest absolute Gasteiger partial charge is 0.478 e. The lowest BCUT2D eigenvalue weighted by Gasteiger charge is -2.16. The van der Waals surface area contributed by atoms with E-state index in [0.29, 0.717) is 12.8 Å². The van der Waals surface area contributed by atoms with Crippen LogP contribution in [0.15, 0.2) is 48.6 Å². The topological polar surface area (TPSA) is 77.8 Å². The second kappa shape index (κ2) is 16.2. The van der Waals surface area contributed by atoms with Gasteiger partial charge in [0, 0.05) is 6.08 Å². The molecule has 136 valence electrons. The molecule has 0 aromatic heterocycles. The second-order valence-electron chi connectivity index (χ2n) is 5.82. The molecular weight excluding hydrogens is 304 g/mol. The fourth-order valence-corrected chi connectivity index (χ4v) is 2.17. The van der Waals surface area contributed by atoms with Crippen LogP contribution in [0, 0.1) is 0 Å². The molecule has 4 heteroatoms. The Balaban J connectivity index is 3.78. The standard InChI is InChI=1S/C20H32O4/c1-2-3-4-5-9-12-15-18(21)19(22)16-13-10-7-6-8-11-14-17-20(23)24/h6-8,10-11,13-14,17-19,21-22H,2-5,9,12,15-16H2,1H3,(H,23,24)/b7-6+,11-8+,13-10+,17-14+. The van der Waals surface area contributed by atoms with Gasteiger partial charge >= 0.3 is 5.97 Å². The molecule has 24 heavy (non-hydrogen) atoms. The fourth-order valence-electron chi connectivity index (χ4n) is 2.17. The fraction of sp³-hybridized carbons (Fsp3) is 0.550. The summed E-state index contributed by atoms with van der Waals surface area (Å²) in [6, 6.07) is 0. The summed E-state index contributed by atoms with van der Waals surface area (Å²) in [6.07, 6.45) is 19.7. The highest BCUT2D eigenvalue weighted by Gasteiger charge is 2.13. The number of carboxylic acid groups (broad SMARTS) is 1. The van der Waals surface area contributed by atoms with Crippen LogP contribution in [-0.4, -0.2) is 33.5 Å². The number of aliphatic hydroxyl groups excluding tert-OH is 2. The Morgan fingerprint density at radius 3 is 2.08 bits per heavy atom. The van der Waals surface area contributed by atoms with Gasteiger partial charge in [0.2, 0.25) is 0 Å². The molecule has 2 atom stereocenters. The van der Waals surface area contributed by atoms with Gasteiger partial charge in [0.1, 0.15) is 0 Å². The minimum Gasteiger partial charge on any atom is -0.478 e. The maximum absolute atomic E-state index is 10.2. The zero-order valence-corrected chi connectivity index (χ0v) is 14.7. The van der Waals surface area contributed by atoms with E-state index in [9.17, 15) is 15.0 Å². The zero-order chi connectivity index (χ0) is 18.0. The number of rotatable bonds is 14. The van der Waals surface area contributed by atoms with Gasteiger partial charge in [0.15, 0.2) is 0 Å². The average molecular weight is 336 g/mol. The minimum atomic E-state index is -0.975. The summed E-state index contributed by atoms with van der Waals surface area (Å²) in [5.74, 6) is -0.975. The summed E-state index contributed by atoms with van der Waals surface area (Å²) in [7, 11) is 0. The first-order valence-corrected chi connectivity index (χ1v) is 8.83. The van der Waals surface area contributed by atoms with Crippen molar-refractivity contribution in [1.82, 2.24) is 0 Å². The predicted octanol–water partition coefficient (Wildman–Crippen LogP) is 4.16. The Morgan fingerprint density at radius 1 is 0.833 bits per heavy atom. The summed E-state index contributed by atoms with van der Waals surface area (Å²) >= 11 is 0. The number of hydrogen-bond acceptors (Lipinski definition) is 3. The smallest absolute Gasteiger partial charge is 0.328 e. The predicted molar refractivity (Wildman–Crippen MR) is 98.8 cm³/mol. The van der Waals surface area contributed by atoms with E-state index in [1.165, 1.54) is 31.8 Å². The Labute approximate surface area is 145 Å². The molecule has 0 amide bonds. The third kappa shape index (κ3) is 15.3. The molecule has 0 radical (unpaired) electrons. The zero-order valence-electron chi connectivity index (χ0n) is 14.7. The van der Waals surface area contributed by atoms with E-state index in [-0.39, 0.29) is 0 Å². The van der Waals surface area contributed by atoms with Crippen molar-refractivity contribution in [3.05, 3.63) is 48.6 Å². The average Bonchev–Trinajstić information content (AvgIpc) is 2.55. The van der Waals surface area contributed by atoms with Crippen molar-refractivity contribution in [3.63, 3.8) is 0 Å². The highest BCUT2D eigenvalue weighted by atomic mass is 16.4. The van der Waals surface area contributed by atoms with Crippen molar-refractivity contribution in [2.24, 2.45) is 0 Å². The quantitative estimate of drug-likeness (QED) is 0.253. The van der Waals surface area contributed by atoms with Crippen LogP contribution in [-0.2, 0) is 4.79 Å². The molecule has 0 saturated carbocycles. The molecule has 0 aromatic carbocycles. The lowest BCUT2D eigenvalue weighted by Crippen LogP contribution is -2.25. The third-order valence-electron chi connectivity index (χ3n) is 3.61. The van der Waals surface area contributed by atoms with Crippen molar-refractivity contribution in [2.75, 3.05) is 0 Å². The normalized spacial score (nSPS) is 15.1. The van der Waals surface area contributed by atoms with Gasteiger partial charge in [0.05, 0.1) is 12.2 Å². The Morgan fingerprint density at radius 2 is 1.42 bits per heavy atom. The van der Waals surface area contributed by atoms with Gasteiger partial charge in [-0.2, -0.15) is 0 Å². The van der Waals surface area contributed by atoms with Crippen LogP contribution in [0.1, 0.15) is 58.3 Å². The van der Waals surface area contributed by atoms with Crippen molar-refractivity contribution in [1.29, 1.82) is 0 Å². The Bertz CT molecular complexity index is 421. The molecular formula is C20H32O4. The van der Waals surface area contributed by atoms with E-state index in [2.05, 4.69) is 6.92 Å². The number of unbranched alkanes of at least 4 members (excludes halogenated alkanes) is 5. The van der Waals surface area contributed by atoms with Crippen LogP contribution in [0.2, 0.25) is 0 Å². The number of aliphatic hydroxyl groups is 2. The highest BCUT2D eigenvalue weighted by Crippen LogP contribution is 2.12. The summed E-state index contributed by atoms with van der Waals surface area (Å²) in [5, 5.41) is 28.2. The van der Waals surface area contributed by atoms with E-state index < -0.39 is 18.2 Å². The molecule has 0 aromatic rings. The molecule has 0 bridgehead atoms. The number of hydrogen-bond donors (Lipinski definition) is 3. The van der Waals surface area contributed by atoms with E-state index in [0.717, 1.165) is 18.9 Å². The van der Waals surface area contributed by atoms with Gasteiger partial charge in [-0.25, -0.2) is 4.79 Å². The number of aliphatic carboxylic acids is 1. The van der Waals surface area contributed by atoms with Crippen molar-refractivity contribution in [3.8, 4) is 0 Å². The lowest BCUT2D eigenvalue weighted by atomic mass is 10.0. The number of allylic oxidation sites excluding steroid dienone is 6. The van der Waals surface area contributed by atoms with Gasteiger partial charge in [-0.15, -0.1) is 0 Å². The monoisotopic (exact) mass is 336 g/mol. The summed E-state index contributed by atoms with van der Waals surface area (Å²) in [5.41, 5.74) is 0. The second-order valence-corrected chi connectivity index (χ2v) is 5.82. The van der Waals surface area contributed by atoms with Gasteiger partial charge < -0.3 is 15.3 Å². The maximum atomic E-state index is 10.2.